The van der Waals surface area contributed by atoms with Crippen LogP contribution in [0.5, 0.6) is 0 Å². The molecule has 0 fully saturated rings. The smallest absolute Gasteiger partial charge is 0.0588 e. The first kappa shape index (κ1) is 10.8. The second kappa shape index (κ2) is 6.20. The van der Waals surface area contributed by atoms with E-state index in [0.717, 1.165) is 6.42 Å². The van der Waals surface area contributed by atoms with Crippen LogP contribution in [0.25, 0.3) is 0 Å². The van der Waals surface area contributed by atoms with E-state index in [4.69, 9.17) is 11.5 Å². The van der Waals surface area contributed by atoms with Crippen LogP contribution < -0.4 is 5.32 Å². The second-order valence-corrected chi connectivity index (χ2v) is 3.15. The minimum atomic E-state index is 0.0495. The summed E-state index contributed by atoms with van der Waals surface area (Å²) in [5, 5.41) is 12.2. The van der Waals surface area contributed by atoms with E-state index in [1.54, 1.807) is 0 Å². The van der Waals surface area contributed by atoms with Gasteiger partial charge < -0.3 is 10.4 Å². The normalized spacial score (nSPS) is 12.0. The minimum absolute atomic E-state index is 0.0495. The van der Waals surface area contributed by atoms with Gasteiger partial charge in [-0.3, -0.25) is 0 Å². The lowest BCUT2D eigenvalue weighted by molar-refractivity contribution is 0.245. The lowest BCUT2D eigenvalue weighted by Gasteiger charge is -2.14. The van der Waals surface area contributed by atoms with Crippen LogP contribution in [-0.4, -0.2) is 24.3 Å². The number of aliphatic hydroxyl groups is 1. The molecule has 0 spiro atoms. The average molecular weight is 189 g/mol. The first-order valence-electron chi connectivity index (χ1n) is 4.68. The number of rotatable bonds is 5. The van der Waals surface area contributed by atoms with Crippen LogP contribution in [0.15, 0.2) is 30.3 Å². The number of terminal acetylenes is 1. The van der Waals surface area contributed by atoms with E-state index in [0.29, 0.717) is 6.54 Å². The largest absolute Gasteiger partial charge is 0.395 e. The van der Waals surface area contributed by atoms with Gasteiger partial charge in [0.25, 0.3) is 0 Å². The molecule has 0 radical (unpaired) electrons. The fourth-order valence-electron chi connectivity index (χ4n) is 1.30. The van der Waals surface area contributed by atoms with Crippen LogP contribution in [0, 0.1) is 12.3 Å². The maximum absolute atomic E-state index is 9.08. The molecule has 0 aliphatic carbocycles. The van der Waals surface area contributed by atoms with Crippen molar-refractivity contribution in [1.29, 1.82) is 0 Å². The highest BCUT2D eigenvalue weighted by molar-refractivity contribution is 5.16. The Kier molecular flexibility index (Phi) is 4.77. The van der Waals surface area contributed by atoms with E-state index in [9.17, 15) is 0 Å². The van der Waals surface area contributed by atoms with E-state index in [1.165, 1.54) is 5.56 Å². The van der Waals surface area contributed by atoms with Crippen LogP contribution >= 0.6 is 0 Å². The van der Waals surface area contributed by atoms with Gasteiger partial charge in [-0.2, -0.15) is 0 Å². The molecule has 2 heteroatoms. The summed E-state index contributed by atoms with van der Waals surface area (Å²) in [6.45, 7) is 0.606. The average Bonchev–Trinajstić information content (AvgIpc) is 2.25. The van der Waals surface area contributed by atoms with Gasteiger partial charge in [-0.05, 0) is 12.0 Å². The molecule has 0 heterocycles. The molecule has 2 nitrogen and oxygen atoms in total. The van der Waals surface area contributed by atoms with Gasteiger partial charge in [0.15, 0.2) is 0 Å². The monoisotopic (exact) mass is 189 g/mol. The molecular formula is C12H15NO. The van der Waals surface area contributed by atoms with Crippen molar-refractivity contribution in [3.63, 3.8) is 0 Å². The molecule has 0 aliphatic rings. The minimum Gasteiger partial charge on any atom is -0.395 e. The SMILES string of the molecule is C#CCN[C@H](CO)Cc1ccccc1. The van der Waals surface area contributed by atoms with Crippen molar-refractivity contribution >= 4 is 0 Å². The molecule has 1 aromatic rings. The van der Waals surface area contributed by atoms with Crippen LogP contribution in [0.2, 0.25) is 0 Å². The Balaban J connectivity index is 2.45. The Bertz CT molecular complexity index is 289. The third-order valence-electron chi connectivity index (χ3n) is 2.04. The van der Waals surface area contributed by atoms with Gasteiger partial charge in [0.1, 0.15) is 0 Å². The van der Waals surface area contributed by atoms with Gasteiger partial charge in [-0.1, -0.05) is 36.3 Å². The summed E-state index contributed by atoms with van der Waals surface area (Å²) in [7, 11) is 0. The third-order valence-corrected chi connectivity index (χ3v) is 2.04. The third kappa shape index (κ3) is 3.61. The topological polar surface area (TPSA) is 32.3 Å². The van der Waals surface area contributed by atoms with Gasteiger partial charge in [-0.15, -0.1) is 6.42 Å². The van der Waals surface area contributed by atoms with Gasteiger partial charge in [-0.25, -0.2) is 0 Å². The van der Waals surface area contributed by atoms with Crippen LogP contribution in [0.4, 0.5) is 0 Å². The lowest BCUT2D eigenvalue weighted by atomic mass is 10.1. The molecule has 2 N–H and O–H groups in total. The Hall–Kier alpha value is -1.30. The first-order valence-corrected chi connectivity index (χ1v) is 4.68. The van der Waals surface area contributed by atoms with Crippen molar-refractivity contribution in [2.45, 2.75) is 12.5 Å². The van der Waals surface area contributed by atoms with E-state index >= 15 is 0 Å². The summed E-state index contributed by atoms with van der Waals surface area (Å²) in [4.78, 5) is 0. The standard InChI is InChI=1S/C12H15NO/c1-2-8-13-12(10-14)9-11-6-4-3-5-7-11/h1,3-7,12-14H,8-10H2/t12-/m0/s1. The van der Waals surface area contributed by atoms with Crippen molar-refractivity contribution in [2.24, 2.45) is 0 Å². The Labute approximate surface area is 85.0 Å². The summed E-state index contributed by atoms with van der Waals surface area (Å²) in [6.07, 6.45) is 5.94. The Morgan fingerprint density at radius 1 is 1.36 bits per heavy atom. The van der Waals surface area contributed by atoms with Gasteiger partial charge >= 0.3 is 0 Å². The van der Waals surface area contributed by atoms with Crippen LogP contribution in [0.3, 0.4) is 0 Å². The van der Waals surface area contributed by atoms with E-state index in [1.807, 2.05) is 30.3 Å². The van der Waals surface area contributed by atoms with E-state index in [2.05, 4.69) is 11.2 Å². The highest BCUT2D eigenvalue weighted by Crippen LogP contribution is 2.02. The predicted octanol–water partition coefficient (Wildman–Crippen LogP) is 0.813. The first-order chi connectivity index (χ1) is 6.86. The molecule has 0 unspecified atom stereocenters. The summed E-state index contributed by atoms with van der Waals surface area (Å²) in [5.41, 5.74) is 1.20. The maximum atomic E-state index is 9.08. The fourth-order valence-corrected chi connectivity index (χ4v) is 1.30. The Morgan fingerprint density at radius 3 is 2.64 bits per heavy atom. The van der Waals surface area contributed by atoms with Crippen LogP contribution in [-0.2, 0) is 6.42 Å². The number of hydrogen-bond donors (Lipinski definition) is 2. The molecule has 0 aliphatic heterocycles. The number of nitrogens with one attached hydrogen (secondary N) is 1. The number of benzene rings is 1. The second-order valence-electron chi connectivity index (χ2n) is 3.15. The zero-order valence-electron chi connectivity index (χ0n) is 8.11. The van der Waals surface area contributed by atoms with Crippen molar-refractivity contribution < 1.29 is 5.11 Å². The van der Waals surface area contributed by atoms with Crippen LogP contribution in [0.1, 0.15) is 5.56 Å². The molecule has 0 bridgehead atoms. The molecule has 0 amide bonds. The summed E-state index contributed by atoms with van der Waals surface area (Å²) >= 11 is 0. The van der Waals surface area contributed by atoms with Crippen molar-refractivity contribution in [2.75, 3.05) is 13.2 Å². The van der Waals surface area contributed by atoms with Crippen molar-refractivity contribution in [3.05, 3.63) is 35.9 Å². The number of aliphatic hydroxyl groups excluding tert-OH is 1. The maximum Gasteiger partial charge on any atom is 0.0588 e. The molecule has 0 saturated heterocycles. The quantitative estimate of drug-likeness (QED) is 0.672. The molecular weight excluding hydrogens is 174 g/mol. The van der Waals surface area contributed by atoms with Gasteiger partial charge in [0.05, 0.1) is 13.2 Å². The highest BCUT2D eigenvalue weighted by Gasteiger charge is 2.05. The zero-order valence-corrected chi connectivity index (χ0v) is 8.11. The molecule has 14 heavy (non-hydrogen) atoms. The van der Waals surface area contributed by atoms with Gasteiger partial charge in [0, 0.05) is 6.04 Å². The van der Waals surface area contributed by atoms with Gasteiger partial charge in [0.2, 0.25) is 0 Å². The Morgan fingerprint density at radius 2 is 2.07 bits per heavy atom. The molecule has 1 atom stereocenters. The molecule has 0 saturated carbocycles. The number of hydrogen-bond acceptors (Lipinski definition) is 2. The molecule has 0 aromatic heterocycles. The molecule has 1 aromatic carbocycles. The molecule has 74 valence electrons. The van der Waals surface area contributed by atoms with E-state index < -0.39 is 0 Å². The zero-order chi connectivity index (χ0) is 10.2. The van der Waals surface area contributed by atoms with Crippen molar-refractivity contribution in [1.82, 2.24) is 5.32 Å². The van der Waals surface area contributed by atoms with E-state index in [-0.39, 0.29) is 12.6 Å². The summed E-state index contributed by atoms with van der Waals surface area (Å²) in [6, 6.07) is 10.1. The van der Waals surface area contributed by atoms with Crippen molar-refractivity contribution in [3.8, 4) is 12.3 Å². The fraction of sp³-hybridized carbons (Fsp3) is 0.333. The predicted molar refractivity (Wildman–Crippen MR) is 57.9 cm³/mol. The highest BCUT2D eigenvalue weighted by atomic mass is 16.3. The molecule has 1 rings (SSSR count). The summed E-state index contributed by atoms with van der Waals surface area (Å²) in [5.74, 6) is 2.50. The lowest BCUT2D eigenvalue weighted by Crippen LogP contribution is -2.34. The summed E-state index contributed by atoms with van der Waals surface area (Å²) < 4.78 is 0.